The molecule has 664 valence electrons. The molecule has 0 spiro atoms. The van der Waals surface area contributed by atoms with Crippen LogP contribution in [0.1, 0.15) is 0 Å². The molecular weight excluding hydrogens is 1750 g/mol. The smallest absolute Gasteiger partial charge is 0.164 e. The fraction of sp³-hybridized carbons (Fsp3) is 0. The van der Waals surface area contributed by atoms with E-state index in [1.165, 1.54) is 10.8 Å². The standard InChI is InChI=1S/C45H27N3O2.C43H25N3O2.C39H23N3O2/c1-3-13-28(14-4-1)30-25-31(29-15-5-2-6-16-29)27-32(26-30)43-46-44(35-19-11-23-39-41(35)33-17-7-9-21-37(33)49-39)48-45(47-43)36-20-12-24-40-42(36)34-18-8-10-22-38(34)50-40;1-2-10-29-25-30(24-21-26(29)9-1)27-19-22-28(23-20-27)41-44-42(33-13-7-17-37-39(33)31-11-3-5-15-35(31)47-37)46-43(45-41)34-14-8-18-38-40(34)32-12-4-6-16-36(32)48-38;1-2-10-24(11-3-1)25-20-22-26(23-21-25)37-40-38(29-14-8-18-33-35(29)27-12-4-6-16-31(27)43-33)42-39(41-37)30-15-9-19-34-36(30)28-13-5-7-17-32(28)44-34/h1-27H;1-25H;1-23H. The summed E-state index contributed by atoms with van der Waals surface area (Å²) in [5.41, 5.74) is 26.7. The average molecular weight is 1820 g/mol. The molecular formula is C127H75N9O6. The Kier molecular flexibility index (Phi) is 19.9. The van der Waals surface area contributed by atoms with Gasteiger partial charge in [-0.25, -0.2) is 44.9 Å². The quantitative estimate of drug-likeness (QED) is 0.106. The van der Waals surface area contributed by atoms with Crippen molar-refractivity contribution < 1.29 is 26.5 Å². The van der Waals surface area contributed by atoms with Crippen LogP contribution in [0.2, 0.25) is 0 Å². The molecule has 0 bridgehead atoms. The number of benzene rings is 20. The number of para-hydroxylation sites is 6. The zero-order valence-corrected chi connectivity index (χ0v) is 75.8. The SMILES string of the molecule is c1ccc(-c2cc(-c3ccccc3)cc(-c3nc(-c4cccc5oc6ccccc6c45)nc(-c4cccc5oc6ccccc6c45)n3)c2)cc1.c1ccc(-c2ccc(-c3nc(-c4cccc5oc6ccccc6c45)nc(-c4cccc5oc6ccccc6c45)n3)cc2)cc1.c1ccc2cc(-c3ccc(-c4nc(-c5cccc6oc7ccccc7c56)nc(-c5cccc6oc7ccccc7c56)n4)cc3)ccc2c1. The highest BCUT2D eigenvalue weighted by Crippen LogP contribution is 2.47. The summed E-state index contributed by atoms with van der Waals surface area (Å²) in [4.78, 5) is 46.4. The van der Waals surface area contributed by atoms with Crippen LogP contribution >= 0.6 is 0 Å². The summed E-state index contributed by atoms with van der Waals surface area (Å²) in [7, 11) is 0. The van der Waals surface area contributed by atoms with E-state index in [9.17, 15) is 0 Å². The highest BCUT2D eigenvalue weighted by Gasteiger charge is 2.27. The predicted molar refractivity (Wildman–Crippen MR) is 571 cm³/mol. The number of hydrogen-bond acceptors (Lipinski definition) is 15. The molecule has 0 saturated heterocycles. The molecule has 0 saturated carbocycles. The summed E-state index contributed by atoms with van der Waals surface area (Å²) in [6.45, 7) is 0. The van der Waals surface area contributed by atoms with E-state index in [-0.39, 0.29) is 0 Å². The van der Waals surface area contributed by atoms with Crippen molar-refractivity contribution in [3.05, 3.63) is 455 Å². The van der Waals surface area contributed by atoms with Gasteiger partial charge in [-0.05, 0) is 152 Å². The second kappa shape index (κ2) is 34.4. The van der Waals surface area contributed by atoms with Crippen LogP contribution in [0.5, 0.6) is 0 Å². The Bertz CT molecular complexity index is 9570. The third kappa shape index (κ3) is 14.7. The molecule has 0 N–H and O–H groups in total. The van der Waals surface area contributed by atoms with E-state index >= 15 is 0 Å². The van der Waals surface area contributed by atoms with Gasteiger partial charge < -0.3 is 26.5 Å². The predicted octanol–water partition coefficient (Wildman–Crippen LogP) is 33.8. The van der Waals surface area contributed by atoms with Crippen LogP contribution in [0.25, 0.3) is 289 Å². The van der Waals surface area contributed by atoms with Gasteiger partial charge in [0.15, 0.2) is 52.4 Å². The summed E-state index contributed by atoms with van der Waals surface area (Å²) in [6, 6.07) is 154. The van der Waals surface area contributed by atoms with Crippen molar-refractivity contribution >= 4 is 142 Å². The second-order valence-electron chi connectivity index (χ2n) is 35.2. The molecule has 9 heterocycles. The molecule has 0 aliphatic rings. The van der Waals surface area contributed by atoms with E-state index in [0.29, 0.717) is 52.4 Å². The molecule has 0 aliphatic carbocycles. The topological polar surface area (TPSA) is 195 Å². The largest absolute Gasteiger partial charge is 0.456 e. The fourth-order valence-corrected chi connectivity index (χ4v) is 20.0. The molecule has 0 amide bonds. The molecule has 0 atom stereocenters. The first-order chi connectivity index (χ1) is 70.3. The first-order valence-electron chi connectivity index (χ1n) is 47.1. The fourth-order valence-electron chi connectivity index (χ4n) is 20.0. The molecule has 15 heteroatoms. The van der Waals surface area contributed by atoms with Crippen LogP contribution in [0.15, 0.2) is 481 Å². The van der Waals surface area contributed by atoms with Crippen LogP contribution in [-0.4, -0.2) is 44.9 Å². The Morgan fingerprint density at radius 2 is 0.310 bits per heavy atom. The number of hydrogen-bond donors (Lipinski definition) is 0. The molecule has 0 unspecified atom stereocenters. The first kappa shape index (κ1) is 82.0. The molecule has 0 fully saturated rings. The van der Waals surface area contributed by atoms with Crippen LogP contribution in [0.3, 0.4) is 0 Å². The lowest BCUT2D eigenvalue weighted by Crippen LogP contribution is -2.01. The maximum atomic E-state index is 6.29. The van der Waals surface area contributed by atoms with Gasteiger partial charge in [0.05, 0.1) is 0 Å². The Morgan fingerprint density at radius 1 is 0.113 bits per heavy atom. The summed E-state index contributed by atoms with van der Waals surface area (Å²) >= 11 is 0. The van der Waals surface area contributed by atoms with Crippen molar-refractivity contribution in [3.8, 4) is 147 Å². The maximum absolute atomic E-state index is 6.29. The minimum absolute atomic E-state index is 0.568. The molecule has 15 nitrogen and oxygen atoms in total. The number of nitrogens with zero attached hydrogens (tertiary/aromatic N) is 9. The monoisotopic (exact) mass is 1820 g/mol. The molecule has 29 rings (SSSR count). The van der Waals surface area contributed by atoms with Crippen molar-refractivity contribution in [2.75, 3.05) is 0 Å². The number of fused-ring (bicyclic) bond motifs is 19. The van der Waals surface area contributed by atoms with Crippen molar-refractivity contribution in [1.29, 1.82) is 0 Å². The summed E-state index contributed by atoms with van der Waals surface area (Å²) in [5.74, 6) is 5.23. The lowest BCUT2D eigenvalue weighted by molar-refractivity contribution is 0.668. The van der Waals surface area contributed by atoms with E-state index in [2.05, 4.69) is 243 Å². The normalized spacial score (nSPS) is 11.7. The zero-order chi connectivity index (χ0) is 93.7. The molecule has 9 aromatic heterocycles. The Labute approximate surface area is 810 Å². The van der Waals surface area contributed by atoms with Crippen molar-refractivity contribution in [2.45, 2.75) is 0 Å². The second-order valence-corrected chi connectivity index (χ2v) is 35.2. The summed E-state index contributed by atoms with van der Waals surface area (Å²) in [5, 5.41) is 14.4. The van der Waals surface area contributed by atoms with Gasteiger partial charge in [0.1, 0.15) is 67.0 Å². The van der Waals surface area contributed by atoms with E-state index in [1.54, 1.807) is 0 Å². The zero-order valence-electron chi connectivity index (χ0n) is 75.8. The summed E-state index contributed by atoms with van der Waals surface area (Å²) < 4.78 is 37.5. The minimum Gasteiger partial charge on any atom is -0.456 e. The van der Waals surface area contributed by atoms with Crippen LogP contribution in [-0.2, 0) is 0 Å². The molecule has 142 heavy (non-hydrogen) atoms. The number of rotatable bonds is 13. The molecule has 0 aliphatic heterocycles. The van der Waals surface area contributed by atoms with Gasteiger partial charge in [-0.15, -0.1) is 0 Å². The molecule has 20 aromatic carbocycles. The van der Waals surface area contributed by atoms with E-state index in [0.717, 1.165) is 226 Å². The van der Waals surface area contributed by atoms with Crippen LogP contribution < -0.4 is 0 Å². The molecule has 0 radical (unpaired) electrons. The van der Waals surface area contributed by atoms with E-state index in [1.807, 2.05) is 212 Å². The van der Waals surface area contributed by atoms with Gasteiger partial charge in [-0.2, -0.15) is 0 Å². The first-order valence-corrected chi connectivity index (χ1v) is 47.1. The Balaban J connectivity index is 0.000000107. The Morgan fingerprint density at radius 3 is 0.599 bits per heavy atom. The van der Waals surface area contributed by atoms with Crippen molar-refractivity contribution in [3.63, 3.8) is 0 Å². The summed E-state index contributed by atoms with van der Waals surface area (Å²) in [6.07, 6.45) is 0. The van der Waals surface area contributed by atoms with Crippen molar-refractivity contribution in [1.82, 2.24) is 44.9 Å². The average Bonchev–Trinajstić information content (AvgIpc) is 1.57. The van der Waals surface area contributed by atoms with Crippen molar-refractivity contribution in [2.24, 2.45) is 0 Å². The van der Waals surface area contributed by atoms with Crippen LogP contribution in [0.4, 0.5) is 0 Å². The van der Waals surface area contributed by atoms with Gasteiger partial charge in [-0.1, -0.05) is 358 Å². The third-order valence-electron chi connectivity index (χ3n) is 26.6. The highest BCUT2D eigenvalue weighted by atomic mass is 16.3. The number of furan rings is 6. The van der Waals surface area contributed by atoms with Gasteiger partial charge in [0, 0.05) is 115 Å². The third-order valence-corrected chi connectivity index (χ3v) is 26.6. The van der Waals surface area contributed by atoms with Gasteiger partial charge in [-0.3, -0.25) is 0 Å². The maximum Gasteiger partial charge on any atom is 0.164 e. The van der Waals surface area contributed by atoms with E-state index in [4.69, 9.17) is 71.4 Å². The number of aromatic nitrogens is 9. The Hall–Kier alpha value is -19.5. The van der Waals surface area contributed by atoms with Gasteiger partial charge in [0.25, 0.3) is 0 Å². The van der Waals surface area contributed by atoms with Gasteiger partial charge in [0.2, 0.25) is 0 Å². The van der Waals surface area contributed by atoms with Gasteiger partial charge >= 0.3 is 0 Å². The minimum atomic E-state index is 0.568. The highest BCUT2D eigenvalue weighted by molar-refractivity contribution is 6.18. The lowest BCUT2D eigenvalue weighted by atomic mass is 9.95. The lowest BCUT2D eigenvalue weighted by Gasteiger charge is -2.13. The van der Waals surface area contributed by atoms with Crippen LogP contribution in [0, 0.1) is 0 Å². The molecule has 29 aromatic rings. The van der Waals surface area contributed by atoms with E-state index < -0.39 is 0 Å².